The summed E-state index contributed by atoms with van der Waals surface area (Å²) in [6.07, 6.45) is 0.843. The van der Waals surface area contributed by atoms with Gasteiger partial charge < -0.3 is 19.7 Å². The number of carbonyl (C=O) groups is 1. The van der Waals surface area contributed by atoms with Crippen molar-refractivity contribution in [2.75, 3.05) is 27.3 Å². The number of nitrogens with zero attached hydrogens (tertiary/aromatic N) is 1. The number of rotatable bonds is 7. The van der Waals surface area contributed by atoms with Crippen molar-refractivity contribution >= 4 is 5.97 Å². The molecule has 134 valence electrons. The summed E-state index contributed by atoms with van der Waals surface area (Å²) in [5.74, 6) is 0.542. The van der Waals surface area contributed by atoms with Crippen LogP contribution in [0.15, 0.2) is 18.2 Å². The standard InChI is InChI=1S/C18H27NO5/c1-4-5-18(17(21)22)6-7-19(12-16(18)20)11-13-8-14(23-2)10-15(9-13)24-3/h8-10,16,20H,4-7,11-12H2,1-3H3,(H,21,22)/t16-,18-/m0/s1. The minimum Gasteiger partial charge on any atom is -0.497 e. The molecule has 0 unspecified atom stereocenters. The molecule has 0 aliphatic carbocycles. The molecule has 0 saturated carbocycles. The van der Waals surface area contributed by atoms with Crippen LogP contribution in [0.1, 0.15) is 31.7 Å². The van der Waals surface area contributed by atoms with Gasteiger partial charge in [-0.3, -0.25) is 9.69 Å². The molecule has 1 heterocycles. The van der Waals surface area contributed by atoms with Gasteiger partial charge in [0, 0.05) is 19.2 Å². The van der Waals surface area contributed by atoms with Crippen molar-refractivity contribution in [1.82, 2.24) is 4.90 Å². The van der Waals surface area contributed by atoms with Crippen LogP contribution in [0.3, 0.4) is 0 Å². The zero-order valence-electron chi connectivity index (χ0n) is 14.6. The van der Waals surface area contributed by atoms with Gasteiger partial charge in [0.15, 0.2) is 0 Å². The summed E-state index contributed by atoms with van der Waals surface area (Å²) in [5, 5.41) is 20.1. The largest absolute Gasteiger partial charge is 0.497 e. The molecule has 1 aliphatic rings. The van der Waals surface area contributed by atoms with Crippen LogP contribution in [-0.2, 0) is 11.3 Å². The zero-order chi connectivity index (χ0) is 17.7. The molecule has 1 aliphatic heterocycles. The Kier molecular flexibility index (Phi) is 6.07. The first-order valence-corrected chi connectivity index (χ1v) is 8.31. The third kappa shape index (κ3) is 3.82. The molecule has 0 amide bonds. The number of hydrogen-bond acceptors (Lipinski definition) is 5. The average Bonchev–Trinajstić information content (AvgIpc) is 2.56. The van der Waals surface area contributed by atoms with Gasteiger partial charge in [-0.05, 0) is 37.1 Å². The highest BCUT2D eigenvalue weighted by atomic mass is 16.5. The van der Waals surface area contributed by atoms with Crippen LogP contribution in [0.25, 0.3) is 0 Å². The molecule has 1 fully saturated rings. The van der Waals surface area contributed by atoms with Crippen LogP contribution < -0.4 is 9.47 Å². The highest BCUT2D eigenvalue weighted by molar-refractivity contribution is 5.75. The lowest BCUT2D eigenvalue weighted by molar-refractivity contribution is -0.164. The number of aliphatic carboxylic acids is 1. The number of aliphatic hydroxyl groups excluding tert-OH is 1. The van der Waals surface area contributed by atoms with Crippen molar-refractivity contribution in [1.29, 1.82) is 0 Å². The molecule has 2 rings (SSSR count). The second kappa shape index (κ2) is 7.85. The number of ether oxygens (including phenoxy) is 2. The fourth-order valence-corrected chi connectivity index (χ4v) is 3.49. The van der Waals surface area contributed by atoms with Crippen LogP contribution >= 0.6 is 0 Å². The number of piperidine rings is 1. The molecule has 0 aromatic heterocycles. The van der Waals surface area contributed by atoms with E-state index in [0.717, 1.165) is 12.0 Å². The van der Waals surface area contributed by atoms with Gasteiger partial charge in [-0.1, -0.05) is 13.3 Å². The average molecular weight is 337 g/mol. The van der Waals surface area contributed by atoms with Crippen molar-refractivity contribution in [2.24, 2.45) is 5.41 Å². The minimum absolute atomic E-state index is 0.353. The van der Waals surface area contributed by atoms with Crippen LogP contribution in [0.4, 0.5) is 0 Å². The topological polar surface area (TPSA) is 79.2 Å². The second-order valence-corrected chi connectivity index (χ2v) is 6.43. The number of carboxylic acids is 1. The monoisotopic (exact) mass is 337 g/mol. The number of carboxylic acid groups (broad SMARTS) is 1. The molecule has 0 radical (unpaired) electrons. The lowest BCUT2D eigenvalue weighted by Crippen LogP contribution is -2.54. The number of benzene rings is 1. The molecule has 1 saturated heterocycles. The summed E-state index contributed by atoms with van der Waals surface area (Å²) in [5.41, 5.74) is -0.00570. The normalized spacial score (nSPS) is 24.6. The maximum Gasteiger partial charge on any atom is 0.312 e. The lowest BCUT2D eigenvalue weighted by Gasteiger charge is -2.42. The van der Waals surface area contributed by atoms with Crippen molar-refractivity contribution < 1.29 is 24.5 Å². The molecule has 0 bridgehead atoms. The maximum absolute atomic E-state index is 11.7. The summed E-state index contributed by atoms with van der Waals surface area (Å²) < 4.78 is 10.6. The predicted molar refractivity (Wildman–Crippen MR) is 90.4 cm³/mol. The molecule has 0 spiro atoms. The van der Waals surface area contributed by atoms with Crippen LogP contribution in [0.5, 0.6) is 11.5 Å². The summed E-state index contributed by atoms with van der Waals surface area (Å²) in [4.78, 5) is 13.8. The van der Waals surface area contributed by atoms with E-state index in [-0.39, 0.29) is 0 Å². The Morgan fingerprint density at radius 3 is 2.38 bits per heavy atom. The van der Waals surface area contributed by atoms with Crippen molar-refractivity contribution in [3.05, 3.63) is 23.8 Å². The number of likely N-dealkylation sites (tertiary alicyclic amines) is 1. The van der Waals surface area contributed by atoms with E-state index in [2.05, 4.69) is 4.90 Å². The first-order chi connectivity index (χ1) is 11.4. The van der Waals surface area contributed by atoms with Gasteiger partial charge >= 0.3 is 5.97 Å². The van der Waals surface area contributed by atoms with E-state index in [1.807, 2.05) is 25.1 Å². The van der Waals surface area contributed by atoms with Crippen molar-refractivity contribution in [3.8, 4) is 11.5 Å². The van der Waals surface area contributed by atoms with E-state index in [1.54, 1.807) is 14.2 Å². The molecule has 6 heteroatoms. The van der Waals surface area contributed by atoms with Crippen LogP contribution in [-0.4, -0.2) is 54.5 Å². The number of hydrogen-bond donors (Lipinski definition) is 2. The van der Waals surface area contributed by atoms with E-state index < -0.39 is 17.5 Å². The maximum atomic E-state index is 11.7. The Morgan fingerprint density at radius 1 is 1.29 bits per heavy atom. The number of methoxy groups -OCH3 is 2. The molecule has 2 atom stereocenters. The van der Waals surface area contributed by atoms with Gasteiger partial charge in [-0.15, -0.1) is 0 Å². The molecule has 1 aromatic rings. The van der Waals surface area contributed by atoms with Gasteiger partial charge in [0.25, 0.3) is 0 Å². The summed E-state index contributed by atoms with van der Waals surface area (Å²) >= 11 is 0. The third-order valence-corrected chi connectivity index (χ3v) is 4.88. The quantitative estimate of drug-likeness (QED) is 0.794. The van der Waals surface area contributed by atoms with Gasteiger partial charge in [-0.2, -0.15) is 0 Å². The highest BCUT2D eigenvalue weighted by Crippen LogP contribution is 2.37. The Bertz CT molecular complexity index is 554. The Morgan fingerprint density at radius 2 is 1.92 bits per heavy atom. The molecule has 24 heavy (non-hydrogen) atoms. The molecule has 6 nitrogen and oxygen atoms in total. The van der Waals surface area contributed by atoms with Gasteiger partial charge in [0.05, 0.1) is 25.7 Å². The predicted octanol–water partition coefficient (Wildman–Crippen LogP) is 2.14. The second-order valence-electron chi connectivity index (χ2n) is 6.43. The smallest absolute Gasteiger partial charge is 0.312 e. The van der Waals surface area contributed by atoms with Gasteiger partial charge in [0.1, 0.15) is 11.5 Å². The fourth-order valence-electron chi connectivity index (χ4n) is 3.49. The van der Waals surface area contributed by atoms with E-state index in [0.29, 0.717) is 44.0 Å². The molecular weight excluding hydrogens is 310 g/mol. The fraction of sp³-hybridized carbons (Fsp3) is 0.611. The number of β-amino-alcohol motifs (C(OH)–C–C–N with tert-alkyl or cyclic N) is 1. The highest BCUT2D eigenvalue weighted by Gasteiger charge is 2.47. The summed E-state index contributed by atoms with van der Waals surface area (Å²) in [7, 11) is 3.21. The molecule has 2 N–H and O–H groups in total. The SMILES string of the molecule is CCC[C@]1(C(=O)O)CCN(Cc2cc(OC)cc(OC)c2)C[C@@H]1O. The van der Waals surface area contributed by atoms with E-state index >= 15 is 0 Å². The number of aliphatic hydroxyl groups is 1. The molecule has 1 aromatic carbocycles. The lowest BCUT2D eigenvalue weighted by atomic mass is 9.73. The van der Waals surface area contributed by atoms with Crippen molar-refractivity contribution in [3.63, 3.8) is 0 Å². The minimum atomic E-state index is -1.02. The summed E-state index contributed by atoms with van der Waals surface area (Å²) in [6.45, 7) is 3.56. The Balaban J connectivity index is 2.10. The van der Waals surface area contributed by atoms with Gasteiger partial charge in [0.2, 0.25) is 0 Å². The first-order valence-electron chi connectivity index (χ1n) is 8.31. The third-order valence-electron chi connectivity index (χ3n) is 4.88. The van der Waals surface area contributed by atoms with E-state index in [4.69, 9.17) is 9.47 Å². The van der Waals surface area contributed by atoms with E-state index in [9.17, 15) is 15.0 Å². The zero-order valence-corrected chi connectivity index (χ0v) is 14.6. The summed E-state index contributed by atoms with van der Waals surface area (Å²) in [6, 6.07) is 5.67. The van der Waals surface area contributed by atoms with E-state index in [1.165, 1.54) is 0 Å². The van der Waals surface area contributed by atoms with Crippen LogP contribution in [0, 0.1) is 5.41 Å². The van der Waals surface area contributed by atoms with Gasteiger partial charge in [-0.25, -0.2) is 0 Å². The Hall–Kier alpha value is -1.79. The van der Waals surface area contributed by atoms with Crippen LogP contribution in [0.2, 0.25) is 0 Å². The van der Waals surface area contributed by atoms with Crippen molar-refractivity contribution in [2.45, 2.75) is 38.8 Å². The molecular formula is C18H27NO5. The first kappa shape index (κ1) is 18.5. The Labute approximate surface area is 143 Å².